The zero-order valence-corrected chi connectivity index (χ0v) is 17.1. The summed E-state index contributed by atoms with van der Waals surface area (Å²) in [6.07, 6.45) is 21.9. The molecule has 5 atom stereocenters. The molecule has 0 aromatic carbocycles. The lowest BCUT2D eigenvalue weighted by Gasteiger charge is -2.40. The van der Waals surface area contributed by atoms with Gasteiger partial charge in [0.25, 0.3) is 0 Å². The summed E-state index contributed by atoms with van der Waals surface area (Å²) in [7, 11) is 0. The van der Waals surface area contributed by atoms with Gasteiger partial charge in [0.15, 0.2) is 6.29 Å². The summed E-state index contributed by atoms with van der Waals surface area (Å²) < 4.78 is 12.7. The summed E-state index contributed by atoms with van der Waals surface area (Å²) in [6, 6.07) is 0. The molecule has 0 spiro atoms. The lowest BCUT2D eigenvalue weighted by atomic mass is 9.69. The Hall–Kier alpha value is -0.860. The van der Waals surface area contributed by atoms with Crippen LogP contribution in [0.25, 0.3) is 0 Å². The van der Waals surface area contributed by atoms with Crippen LogP contribution in [-0.2, 0) is 9.47 Å². The van der Waals surface area contributed by atoms with Gasteiger partial charge < -0.3 is 9.47 Å². The van der Waals surface area contributed by atoms with Gasteiger partial charge in [-0.05, 0) is 95.5 Å². The highest BCUT2D eigenvalue weighted by Gasteiger charge is 2.35. The normalized spacial score (nSPS) is 31.9. The van der Waals surface area contributed by atoms with Crippen molar-refractivity contribution in [1.29, 1.82) is 0 Å². The lowest BCUT2D eigenvalue weighted by Crippen LogP contribution is -2.34. The average molecular weight is 359 g/mol. The van der Waals surface area contributed by atoms with E-state index < -0.39 is 0 Å². The van der Waals surface area contributed by atoms with Crippen molar-refractivity contribution < 1.29 is 9.47 Å². The van der Waals surface area contributed by atoms with E-state index in [1.54, 1.807) is 11.1 Å². The summed E-state index contributed by atoms with van der Waals surface area (Å²) in [6.45, 7) is 6.60. The molecule has 0 saturated carbocycles. The highest BCUT2D eigenvalue weighted by Crippen LogP contribution is 2.44. The lowest BCUT2D eigenvalue weighted by molar-refractivity contribution is -0.181. The molecule has 0 amide bonds. The summed E-state index contributed by atoms with van der Waals surface area (Å²) in [5.41, 5.74) is 3.37. The maximum absolute atomic E-state index is 6.46. The van der Waals surface area contributed by atoms with Crippen LogP contribution < -0.4 is 0 Å². The van der Waals surface area contributed by atoms with Gasteiger partial charge in [0.1, 0.15) is 0 Å². The molecular weight excluding hydrogens is 320 g/mol. The molecule has 0 aromatic heterocycles. The van der Waals surface area contributed by atoms with E-state index in [-0.39, 0.29) is 6.29 Å². The molecule has 0 N–H and O–H groups in total. The summed E-state index contributed by atoms with van der Waals surface area (Å²) >= 11 is 0. The van der Waals surface area contributed by atoms with Gasteiger partial charge in [-0.25, -0.2) is 0 Å². The molecule has 2 nitrogen and oxygen atoms in total. The van der Waals surface area contributed by atoms with Crippen LogP contribution in [0.1, 0.15) is 85.0 Å². The predicted molar refractivity (Wildman–Crippen MR) is 109 cm³/mol. The van der Waals surface area contributed by atoms with Gasteiger partial charge in [-0.3, -0.25) is 0 Å². The van der Waals surface area contributed by atoms with Crippen molar-refractivity contribution in [1.82, 2.24) is 0 Å². The van der Waals surface area contributed by atoms with E-state index in [2.05, 4.69) is 45.1 Å². The summed E-state index contributed by atoms with van der Waals surface area (Å²) in [5.74, 6) is 1.44. The zero-order chi connectivity index (χ0) is 18.4. The van der Waals surface area contributed by atoms with Gasteiger partial charge in [-0.1, -0.05) is 36.8 Å². The highest BCUT2D eigenvalue weighted by molar-refractivity contribution is 5.28. The number of allylic oxidation sites excluding steroid dienone is 4. The van der Waals surface area contributed by atoms with Gasteiger partial charge in [-0.2, -0.15) is 0 Å². The van der Waals surface area contributed by atoms with E-state index in [0.717, 1.165) is 31.6 Å². The highest BCUT2D eigenvalue weighted by atomic mass is 16.7. The molecule has 0 saturated heterocycles. The first-order valence-electron chi connectivity index (χ1n) is 11.0. The first-order chi connectivity index (χ1) is 12.7. The number of hydrogen-bond acceptors (Lipinski definition) is 2. The third kappa shape index (κ3) is 4.89. The van der Waals surface area contributed by atoms with Gasteiger partial charge in [0.2, 0.25) is 0 Å². The van der Waals surface area contributed by atoms with E-state index >= 15 is 0 Å². The molecule has 3 aliphatic rings. The molecule has 3 aliphatic carbocycles. The monoisotopic (exact) mass is 358 g/mol. The van der Waals surface area contributed by atoms with E-state index in [1.165, 1.54) is 38.5 Å². The van der Waals surface area contributed by atoms with E-state index in [4.69, 9.17) is 9.47 Å². The minimum Gasteiger partial charge on any atom is -0.349 e. The van der Waals surface area contributed by atoms with E-state index in [9.17, 15) is 0 Å². The fourth-order valence-electron chi connectivity index (χ4n) is 5.27. The number of rotatable bonds is 7. The SMILES string of the molecule is C/C=C\C(CC)C1CCC(OC(C)OC2CC=CCC2)C2=C1CCCC2. The Labute approximate surface area is 160 Å². The van der Waals surface area contributed by atoms with Crippen LogP contribution in [0.4, 0.5) is 0 Å². The van der Waals surface area contributed by atoms with Crippen molar-refractivity contribution in [3.8, 4) is 0 Å². The Balaban J connectivity index is 1.67. The second-order valence-electron chi connectivity index (χ2n) is 8.27. The van der Waals surface area contributed by atoms with Crippen LogP contribution in [0.3, 0.4) is 0 Å². The summed E-state index contributed by atoms with van der Waals surface area (Å²) in [4.78, 5) is 0. The van der Waals surface area contributed by atoms with Crippen LogP contribution in [0.5, 0.6) is 0 Å². The molecule has 0 aromatic rings. The zero-order valence-electron chi connectivity index (χ0n) is 17.1. The molecule has 5 unspecified atom stereocenters. The predicted octanol–water partition coefficient (Wildman–Crippen LogP) is 6.73. The molecule has 146 valence electrons. The van der Waals surface area contributed by atoms with Crippen molar-refractivity contribution in [2.45, 2.75) is 103 Å². The third-order valence-electron chi connectivity index (χ3n) is 6.52. The number of hydrogen-bond donors (Lipinski definition) is 0. The van der Waals surface area contributed by atoms with Gasteiger partial charge in [0.05, 0.1) is 12.2 Å². The molecule has 0 heterocycles. The Morgan fingerprint density at radius 3 is 2.58 bits per heavy atom. The maximum Gasteiger partial charge on any atom is 0.155 e. The van der Waals surface area contributed by atoms with Gasteiger partial charge >= 0.3 is 0 Å². The van der Waals surface area contributed by atoms with Crippen molar-refractivity contribution in [3.05, 3.63) is 35.5 Å². The average Bonchev–Trinajstić information content (AvgIpc) is 2.67. The molecule has 2 heteroatoms. The van der Waals surface area contributed by atoms with Crippen LogP contribution in [-0.4, -0.2) is 18.5 Å². The molecule has 0 bridgehead atoms. The topological polar surface area (TPSA) is 18.5 Å². The fraction of sp³-hybridized carbons (Fsp3) is 0.750. The van der Waals surface area contributed by atoms with Crippen molar-refractivity contribution in [2.24, 2.45) is 11.8 Å². The Morgan fingerprint density at radius 2 is 1.88 bits per heavy atom. The molecule has 26 heavy (non-hydrogen) atoms. The smallest absolute Gasteiger partial charge is 0.155 e. The van der Waals surface area contributed by atoms with Crippen LogP contribution in [0.15, 0.2) is 35.5 Å². The molecule has 0 radical (unpaired) electrons. The minimum atomic E-state index is -0.0961. The first kappa shape index (κ1) is 19.9. The van der Waals surface area contributed by atoms with Gasteiger partial charge in [-0.15, -0.1) is 0 Å². The largest absolute Gasteiger partial charge is 0.349 e. The van der Waals surface area contributed by atoms with Crippen molar-refractivity contribution >= 4 is 0 Å². The van der Waals surface area contributed by atoms with Crippen LogP contribution >= 0.6 is 0 Å². The van der Waals surface area contributed by atoms with E-state index in [1.807, 2.05) is 0 Å². The Kier molecular flexibility index (Phi) is 7.57. The molecule has 0 aliphatic heterocycles. The van der Waals surface area contributed by atoms with Crippen LogP contribution in [0, 0.1) is 11.8 Å². The Bertz CT molecular complexity index is 530. The standard InChI is InChI=1S/C24H38O2/c1-4-11-19(5-2)21-16-17-24(23-15-10-9-14-22(21)23)26-18(3)25-20-12-7-6-8-13-20/h4,6-7,11,18-21,24H,5,8-10,12-17H2,1-3H3/b11-4-. The number of ether oxygens (including phenoxy) is 2. The molecule has 3 rings (SSSR count). The first-order valence-corrected chi connectivity index (χ1v) is 11.0. The maximum atomic E-state index is 6.46. The quantitative estimate of drug-likeness (QED) is 0.371. The summed E-state index contributed by atoms with van der Waals surface area (Å²) in [5, 5.41) is 0. The Morgan fingerprint density at radius 1 is 1.08 bits per heavy atom. The van der Waals surface area contributed by atoms with Crippen molar-refractivity contribution in [2.75, 3.05) is 0 Å². The van der Waals surface area contributed by atoms with E-state index in [0.29, 0.717) is 18.1 Å². The molecular formula is C24H38O2. The second kappa shape index (κ2) is 9.90. The minimum absolute atomic E-state index is 0.0961. The van der Waals surface area contributed by atoms with Crippen molar-refractivity contribution in [3.63, 3.8) is 0 Å². The third-order valence-corrected chi connectivity index (χ3v) is 6.52. The van der Waals surface area contributed by atoms with Gasteiger partial charge in [0, 0.05) is 0 Å². The molecule has 0 fully saturated rings. The fourth-order valence-corrected chi connectivity index (χ4v) is 5.27. The second-order valence-corrected chi connectivity index (χ2v) is 8.27. The van der Waals surface area contributed by atoms with Crippen LogP contribution in [0.2, 0.25) is 0 Å².